The lowest BCUT2D eigenvalue weighted by Gasteiger charge is -2.18. The summed E-state index contributed by atoms with van der Waals surface area (Å²) in [6.45, 7) is 4.51. The lowest BCUT2D eigenvalue weighted by Crippen LogP contribution is -2.18. The predicted octanol–water partition coefficient (Wildman–Crippen LogP) is 11.7. The Bertz CT molecular complexity index is 519. The third kappa shape index (κ3) is 31.3. The van der Waals surface area contributed by atoms with Gasteiger partial charge in [-0.25, -0.2) is 0 Å². The fourth-order valence-electron chi connectivity index (χ4n) is 5.48. The van der Waals surface area contributed by atoms with Crippen LogP contribution in [0.1, 0.15) is 206 Å². The van der Waals surface area contributed by atoms with Crippen LogP contribution in [0.5, 0.6) is 0 Å². The summed E-state index contributed by atoms with van der Waals surface area (Å²) in [7, 11) is 0. The first-order valence-corrected chi connectivity index (χ1v) is 17.5. The summed E-state index contributed by atoms with van der Waals surface area (Å²) in [4.78, 5) is 23.1. The molecule has 0 rings (SSSR count). The van der Waals surface area contributed by atoms with Crippen LogP contribution in [0.4, 0.5) is 0 Å². The first-order valence-electron chi connectivity index (χ1n) is 17.5. The van der Waals surface area contributed by atoms with Crippen molar-refractivity contribution in [2.24, 2.45) is 0 Å². The first-order chi connectivity index (χ1) is 19.1. The van der Waals surface area contributed by atoms with Crippen molar-refractivity contribution in [3.05, 3.63) is 0 Å². The number of carboxylic acids is 1. The molecule has 0 aliphatic heterocycles. The summed E-state index contributed by atoms with van der Waals surface area (Å²) in [6.07, 6.45) is 35.5. The van der Waals surface area contributed by atoms with E-state index in [4.69, 9.17) is 9.84 Å². The molecule has 0 radical (unpaired) electrons. The van der Waals surface area contributed by atoms with Gasteiger partial charge in [-0.1, -0.05) is 155 Å². The molecule has 0 aromatic rings. The molecule has 0 amide bonds. The number of hydrogen-bond donors (Lipinski definition) is 1. The number of carbonyl (C=O) groups is 2. The smallest absolute Gasteiger partial charge is 0.306 e. The topological polar surface area (TPSA) is 63.6 Å². The largest absolute Gasteiger partial charge is 0.481 e. The number of unbranched alkanes of at least 4 members (excludes halogenated alkanes) is 23. The molecule has 1 unspecified atom stereocenters. The minimum Gasteiger partial charge on any atom is -0.481 e. The summed E-state index contributed by atoms with van der Waals surface area (Å²) in [5, 5.41) is 8.77. The number of carboxylic acid groups (broad SMARTS) is 1. The summed E-state index contributed by atoms with van der Waals surface area (Å²) < 4.78 is 5.94. The highest BCUT2D eigenvalue weighted by atomic mass is 16.5. The van der Waals surface area contributed by atoms with Gasteiger partial charge in [0.05, 0.1) is 0 Å². The van der Waals surface area contributed by atoms with E-state index in [2.05, 4.69) is 13.8 Å². The van der Waals surface area contributed by atoms with Crippen LogP contribution in [0, 0.1) is 0 Å². The molecular formula is C35H68O4. The van der Waals surface area contributed by atoms with Crippen molar-refractivity contribution in [2.75, 3.05) is 0 Å². The molecular weight excluding hydrogens is 484 g/mol. The van der Waals surface area contributed by atoms with E-state index in [0.717, 1.165) is 64.2 Å². The molecule has 0 saturated carbocycles. The lowest BCUT2D eigenvalue weighted by atomic mass is 10.0. The Morgan fingerprint density at radius 2 is 0.769 bits per heavy atom. The Labute approximate surface area is 243 Å². The molecule has 1 N–H and O–H groups in total. The van der Waals surface area contributed by atoms with Crippen molar-refractivity contribution >= 4 is 11.9 Å². The Kier molecular flexibility index (Phi) is 30.6. The van der Waals surface area contributed by atoms with Gasteiger partial charge in [0.15, 0.2) is 0 Å². The first kappa shape index (κ1) is 37.9. The fraction of sp³-hybridized carbons (Fsp3) is 0.943. The van der Waals surface area contributed by atoms with E-state index in [1.807, 2.05) is 0 Å². The second-order valence-electron chi connectivity index (χ2n) is 12.1. The zero-order valence-corrected chi connectivity index (χ0v) is 26.5. The molecule has 0 aromatic heterocycles. The Morgan fingerprint density at radius 3 is 1.13 bits per heavy atom. The number of aliphatic carboxylic acids is 1. The van der Waals surface area contributed by atoms with Crippen LogP contribution in [-0.2, 0) is 14.3 Å². The van der Waals surface area contributed by atoms with Crippen LogP contribution in [0.15, 0.2) is 0 Å². The lowest BCUT2D eigenvalue weighted by molar-refractivity contribution is -0.150. The van der Waals surface area contributed by atoms with E-state index in [1.165, 1.54) is 116 Å². The minimum absolute atomic E-state index is 0.00194. The molecule has 39 heavy (non-hydrogen) atoms. The van der Waals surface area contributed by atoms with E-state index in [1.54, 1.807) is 0 Å². The molecule has 4 heteroatoms. The van der Waals surface area contributed by atoms with Crippen LogP contribution in [-0.4, -0.2) is 23.1 Å². The van der Waals surface area contributed by atoms with Crippen molar-refractivity contribution in [3.8, 4) is 0 Å². The van der Waals surface area contributed by atoms with Crippen molar-refractivity contribution in [1.82, 2.24) is 0 Å². The average molecular weight is 553 g/mol. The summed E-state index contributed by atoms with van der Waals surface area (Å²) in [5.74, 6) is -0.700. The maximum absolute atomic E-state index is 12.5. The number of hydrogen-bond acceptors (Lipinski definition) is 3. The van der Waals surface area contributed by atoms with Gasteiger partial charge in [0.1, 0.15) is 6.10 Å². The maximum atomic E-state index is 12.5. The summed E-state index contributed by atoms with van der Waals surface area (Å²) in [6, 6.07) is 0. The number of rotatable bonds is 32. The molecule has 0 saturated heterocycles. The van der Waals surface area contributed by atoms with Crippen LogP contribution in [0.3, 0.4) is 0 Å². The van der Waals surface area contributed by atoms with E-state index in [-0.39, 0.29) is 18.5 Å². The number of carbonyl (C=O) groups excluding carboxylic acids is 1. The predicted molar refractivity (Wildman–Crippen MR) is 167 cm³/mol. The summed E-state index contributed by atoms with van der Waals surface area (Å²) in [5.41, 5.74) is 0. The van der Waals surface area contributed by atoms with E-state index < -0.39 is 5.97 Å². The Hall–Kier alpha value is -1.06. The molecule has 1 atom stereocenters. The number of ether oxygens (including phenoxy) is 1. The van der Waals surface area contributed by atoms with Crippen molar-refractivity contribution < 1.29 is 19.4 Å². The van der Waals surface area contributed by atoms with E-state index >= 15 is 0 Å². The van der Waals surface area contributed by atoms with Gasteiger partial charge in [0.2, 0.25) is 0 Å². The molecule has 4 nitrogen and oxygen atoms in total. The van der Waals surface area contributed by atoms with Gasteiger partial charge in [-0.2, -0.15) is 0 Å². The zero-order chi connectivity index (χ0) is 28.7. The Morgan fingerprint density at radius 1 is 0.462 bits per heavy atom. The molecule has 0 aromatic carbocycles. The zero-order valence-electron chi connectivity index (χ0n) is 26.5. The third-order valence-corrected chi connectivity index (χ3v) is 8.08. The molecule has 0 aliphatic rings. The average Bonchev–Trinajstić information content (AvgIpc) is 2.91. The molecule has 0 spiro atoms. The molecule has 0 bridgehead atoms. The minimum atomic E-state index is -0.698. The monoisotopic (exact) mass is 553 g/mol. The second-order valence-corrected chi connectivity index (χ2v) is 12.1. The van der Waals surface area contributed by atoms with Crippen LogP contribution in [0.2, 0.25) is 0 Å². The molecule has 0 aliphatic carbocycles. The van der Waals surface area contributed by atoms with Gasteiger partial charge in [-0.15, -0.1) is 0 Å². The third-order valence-electron chi connectivity index (χ3n) is 8.08. The van der Waals surface area contributed by atoms with Crippen LogP contribution < -0.4 is 0 Å². The van der Waals surface area contributed by atoms with Crippen LogP contribution in [0.25, 0.3) is 0 Å². The van der Waals surface area contributed by atoms with E-state index in [9.17, 15) is 9.59 Å². The van der Waals surface area contributed by atoms with Crippen LogP contribution >= 0.6 is 0 Å². The van der Waals surface area contributed by atoms with Crippen molar-refractivity contribution in [3.63, 3.8) is 0 Å². The van der Waals surface area contributed by atoms with Gasteiger partial charge in [0, 0.05) is 12.8 Å². The Balaban J connectivity index is 3.94. The number of esters is 1. The normalized spacial score (nSPS) is 12.1. The van der Waals surface area contributed by atoms with Gasteiger partial charge in [0.25, 0.3) is 0 Å². The maximum Gasteiger partial charge on any atom is 0.306 e. The van der Waals surface area contributed by atoms with Gasteiger partial charge in [-0.3, -0.25) is 9.59 Å². The second kappa shape index (κ2) is 31.5. The standard InChI is InChI=1S/C35H68O4/c1-3-5-7-9-11-12-13-14-15-16-17-18-19-21-25-29-33(30-26-22-20-23-27-31-34(36)37)39-35(38)32-28-24-10-8-6-4-2/h33H,3-32H2,1-2H3,(H,36,37). The molecule has 232 valence electrons. The summed E-state index contributed by atoms with van der Waals surface area (Å²) >= 11 is 0. The van der Waals surface area contributed by atoms with Crippen molar-refractivity contribution in [2.45, 2.75) is 213 Å². The van der Waals surface area contributed by atoms with Gasteiger partial charge >= 0.3 is 11.9 Å². The highest BCUT2D eigenvalue weighted by molar-refractivity contribution is 5.69. The molecule has 0 fully saturated rings. The quantitative estimate of drug-likeness (QED) is 0.0665. The highest BCUT2D eigenvalue weighted by Crippen LogP contribution is 2.19. The van der Waals surface area contributed by atoms with Crippen molar-refractivity contribution in [1.29, 1.82) is 0 Å². The SMILES string of the molecule is CCCCCCCCCCCCCCCCCC(CCCCCCCC(=O)O)OC(=O)CCCCCCCC. The fourth-order valence-corrected chi connectivity index (χ4v) is 5.48. The van der Waals surface area contributed by atoms with E-state index in [0.29, 0.717) is 6.42 Å². The van der Waals surface area contributed by atoms with Gasteiger partial charge in [-0.05, 0) is 38.5 Å². The highest BCUT2D eigenvalue weighted by Gasteiger charge is 2.14. The molecule has 0 heterocycles. The van der Waals surface area contributed by atoms with Gasteiger partial charge < -0.3 is 9.84 Å².